The number of ether oxygens (including phenoxy) is 1. The lowest BCUT2D eigenvalue weighted by Crippen LogP contribution is -2.52. The Morgan fingerprint density at radius 2 is 1.71 bits per heavy atom. The molecule has 6 rings (SSSR count). The van der Waals surface area contributed by atoms with E-state index in [9.17, 15) is 9.59 Å². The maximum absolute atomic E-state index is 14.0. The van der Waals surface area contributed by atoms with Crippen molar-refractivity contribution in [1.29, 1.82) is 0 Å². The molecule has 3 aromatic carbocycles. The van der Waals surface area contributed by atoms with Gasteiger partial charge in [0.1, 0.15) is 5.75 Å². The third-order valence-corrected chi connectivity index (χ3v) is 8.78. The average Bonchev–Trinajstić information content (AvgIpc) is 3.11. The van der Waals surface area contributed by atoms with Crippen molar-refractivity contribution in [1.82, 2.24) is 4.90 Å². The third kappa shape index (κ3) is 5.58. The van der Waals surface area contributed by atoms with E-state index < -0.39 is 6.04 Å². The number of anilines is 3. The van der Waals surface area contributed by atoms with E-state index in [0.29, 0.717) is 24.5 Å². The maximum atomic E-state index is 14.0. The number of carbonyl (C=O) groups is 2. The fourth-order valence-electron chi connectivity index (χ4n) is 6.49. The normalized spacial score (nSPS) is 20.0. The van der Waals surface area contributed by atoms with E-state index in [1.165, 1.54) is 0 Å². The van der Waals surface area contributed by atoms with Crippen LogP contribution < -0.4 is 19.9 Å². The number of fused-ring (bicyclic) bond motifs is 1. The van der Waals surface area contributed by atoms with E-state index in [1.54, 1.807) is 7.11 Å². The van der Waals surface area contributed by atoms with E-state index >= 15 is 0 Å². The lowest BCUT2D eigenvalue weighted by molar-refractivity contribution is -0.130. The number of hydrogen-bond donors (Lipinski definition) is 1. The number of carbonyl (C=O) groups excluding carboxylic acids is 2. The van der Waals surface area contributed by atoms with E-state index in [2.05, 4.69) is 35.0 Å². The van der Waals surface area contributed by atoms with Crippen molar-refractivity contribution < 1.29 is 14.3 Å². The molecule has 1 saturated heterocycles. The molecule has 0 bridgehead atoms. The first-order valence-electron chi connectivity index (χ1n) is 14.5. The molecule has 2 aliphatic heterocycles. The number of piperazine rings is 1. The van der Waals surface area contributed by atoms with Crippen LogP contribution in [0.15, 0.2) is 84.1 Å². The predicted molar refractivity (Wildman–Crippen MR) is 168 cm³/mol. The second-order valence-corrected chi connectivity index (χ2v) is 12.6. The summed E-state index contributed by atoms with van der Waals surface area (Å²) in [4.78, 5) is 34.3. The minimum atomic E-state index is -0.414. The fourth-order valence-corrected chi connectivity index (χ4v) is 6.68. The lowest BCUT2D eigenvalue weighted by Gasteiger charge is -2.40. The number of nitrogens with zero attached hydrogens (tertiary/aromatic N) is 3. The average molecular weight is 585 g/mol. The van der Waals surface area contributed by atoms with Crippen molar-refractivity contribution in [3.8, 4) is 5.75 Å². The number of amides is 1. The van der Waals surface area contributed by atoms with Crippen LogP contribution in [-0.2, 0) is 9.59 Å². The predicted octanol–water partition coefficient (Wildman–Crippen LogP) is 6.31. The summed E-state index contributed by atoms with van der Waals surface area (Å²) in [5, 5.41) is 4.34. The van der Waals surface area contributed by atoms with Crippen LogP contribution in [0.5, 0.6) is 5.75 Å². The molecule has 0 aromatic heterocycles. The first-order chi connectivity index (χ1) is 20.2. The van der Waals surface area contributed by atoms with E-state index in [0.717, 1.165) is 59.2 Å². The van der Waals surface area contributed by atoms with Crippen LogP contribution in [0, 0.1) is 5.41 Å². The highest BCUT2D eigenvalue weighted by molar-refractivity contribution is 6.30. The van der Waals surface area contributed by atoms with Crippen molar-refractivity contribution in [3.05, 3.63) is 94.7 Å². The number of allylic oxidation sites excluding steroid dienone is 1. The molecule has 42 heavy (non-hydrogen) atoms. The Kier molecular flexibility index (Phi) is 7.62. The van der Waals surface area contributed by atoms with Crippen molar-refractivity contribution in [2.75, 3.05) is 55.0 Å². The molecule has 8 heteroatoms. The number of rotatable bonds is 5. The standard InChI is InChI=1S/C34H37ClN4O3/c1-34(2)20-28-32(30(40)21-34)33(23-11-13-26(42-3)14-12-23)39(29-10-5-4-9-27(29)36-28)22-31(41)38-17-15-37(16-18-38)25-8-6-7-24(35)19-25/h4-14,19,33,36H,15-18,20-22H2,1-3H3. The first-order valence-corrected chi connectivity index (χ1v) is 14.9. The Labute approximate surface area is 252 Å². The number of halogens is 1. The molecule has 0 saturated carbocycles. The highest BCUT2D eigenvalue weighted by Crippen LogP contribution is 2.48. The molecular weight excluding hydrogens is 548 g/mol. The smallest absolute Gasteiger partial charge is 0.242 e. The maximum Gasteiger partial charge on any atom is 0.242 e. The van der Waals surface area contributed by atoms with Gasteiger partial charge >= 0.3 is 0 Å². The van der Waals surface area contributed by atoms with Crippen LogP contribution in [0.25, 0.3) is 0 Å². The van der Waals surface area contributed by atoms with Gasteiger partial charge in [0.15, 0.2) is 5.78 Å². The summed E-state index contributed by atoms with van der Waals surface area (Å²) in [7, 11) is 1.64. The number of para-hydroxylation sites is 2. The Morgan fingerprint density at radius 1 is 0.976 bits per heavy atom. The van der Waals surface area contributed by atoms with Crippen molar-refractivity contribution in [2.45, 2.75) is 32.7 Å². The zero-order chi connectivity index (χ0) is 29.4. The SMILES string of the molecule is COc1ccc(C2C3=C(CC(C)(C)CC3=O)Nc3ccccc3N2CC(=O)N2CCN(c3cccc(Cl)c3)CC2)cc1. The van der Waals surface area contributed by atoms with Gasteiger partial charge in [0, 0.05) is 54.6 Å². The van der Waals surface area contributed by atoms with Crippen molar-refractivity contribution >= 4 is 40.4 Å². The van der Waals surface area contributed by atoms with Crippen LogP contribution in [0.1, 0.15) is 38.3 Å². The lowest BCUT2D eigenvalue weighted by atomic mass is 9.73. The number of Topliss-reactive ketones (excluding diaryl/α,β-unsaturated/α-hetero) is 1. The van der Waals surface area contributed by atoms with Gasteiger partial charge in [-0.2, -0.15) is 0 Å². The van der Waals surface area contributed by atoms with Gasteiger partial charge in [0.2, 0.25) is 5.91 Å². The van der Waals surface area contributed by atoms with Crippen molar-refractivity contribution in [2.24, 2.45) is 5.41 Å². The number of nitrogens with one attached hydrogen (secondary N) is 1. The highest BCUT2D eigenvalue weighted by Gasteiger charge is 2.42. The summed E-state index contributed by atoms with van der Waals surface area (Å²) < 4.78 is 5.43. The number of ketones is 1. The number of methoxy groups -OCH3 is 1. The minimum Gasteiger partial charge on any atom is -0.497 e. The van der Waals surface area contributed by atoms with Crippen LogP contribution >= 0.6 is 11.6 Å². The molecule has 1 amide bonds. The molecule has 3 aliphatic rings. The molecule has 7 nitrogen and oxygen atoms in total. The molecule has 3 aromatic rings. The number of benzene rings is 3. The summed E-state index contributed by atoms with van der Waals surface area (Å²) in [5.41, 5.74) is 5.36. The van der Waals surface area contributed by atoms with E-state index in [4.69, 9.17) is 16.3 Å². The molecular formula is C34H37ClN4O3. The molecule has 1 fully saturated rings. The molecule has 218 valence electrons. The first kappa shape index (κ1) is 28.2. The zero-order valence-corrected chi connectivity index (χ0v) is 25.2. The van der Waals surface area contributed by atoms with Gasteiger partial charge < -0.3 is 24.8 Å². The van der Waals surface area contributed by atoms with E-state index in [-0.39, 0.29) is 23.7 Å². The third-order valence-electron chi connectivity index (χ3n) is 8.55. The Balaban J connectivity index is 1.35. The Hall–Kier alpha value is -3.97. The Bertz CT molecular complexity index is 1530. The molecule has 1 N–H and O–H groups in total. The summed E-state index contributed by atoms with van der Waals surface area (Å²) in [6.07, 6.45) is 1.21. The van der Waals surface area contributed by atoms with Gasteiger partial charge in [-0.3, -0.25) is 9.59 Å². The summed E-state index contributed by atoms with van der Waals surface area (Å²) in [5.74, 6) is 0.910. The molecule has 1 aliphatic carbocycles. The van der Waals surface area contributed by atoms with Gasteiger partial charge in [-0.25, -0.2) is 0 Å². The van der Waals surface area contributed by atoms with Gasteiger partial charge in [-0.15, -0.1) is 0 Å². The summed E-state index contributed by atoms with van der Waals surface area (Å²) in [6.45, 7) is 7.13. The molecule has 0 radical (unpaired) electrons. The highest BCUT2D eigenvalue weighted by atomic mass is 35.5. The monoisotopic (exact) mass is 584 g/mol. The van der Waals surface area contributed by atoms with Crippen LogP contribution in [0.3, 0.4) is 0 Å². The topological polar surface area (TPSA) is 65.1 Å². The van der Waals surface area contributed by atoms with Crippen molar-refractivity contribution in [3.63, 3.8) is 0 Å². The van der Waals surface area contributed by atoms with Gasteiger partial charge in [0.25, 0.3) is 0 Å². The molecule has 0 spiro atoms. The summed E-state index contributed by atoms with van der Waals surface area (Å²) >= 11 is 6.23. The van der Waals surface area contributed by atoms with Crippen LogP contribution in [-0.4, -0.2) is 56.4 Å². The molecule has 2 heterocycles. The minimum absolute atomic E-state index is 0.0432. The Morgan fingerprint density at radius 3 is 2.43 bits per heavy atom. The van der Waals surface area contributed by atoms with Gasteiger partial charge in [-0.1, -0.05) is 55.8 Å². The van der Waals surface area contributed by atoms with Gasteiger partial charge in [-0.05, 0) is 59.9 Å². The van der Waals surface area contributed by atoms with Crippen LogP contribution in [0.2, 0.25) is 5.02 Å². The molecule has 1 atom stereocenters. The zero-order valence-electron chi connectivity index (χ0n) is 24.4. The summed E-state index contributed by atoms with van der Waals surface area (Å²) in [6, 6.07) is 23.3. The second kappa shape index (κ2) is 11.4. The second-order valence-electron chi connectivity index (χ2n) is 12.1. The number of hydrogen-bond acceptors (Lipinski definition) is 6. The quantitative estimate of drug-likeness (QED) is 0.379. The van der Waals surface area contributed by atoms with Crippen LogP contribution in [0.4, 0.5) is 17.1 Å². The van der Waals surface area contributed by atoms with Gasteiger partial charge in [0.05, 0.1) is 31.1 Å². The van der Waals surface area contributed by atoms with E-state index in [1.807, 2.05) is 71.6 Å². The molecule has 1 unspecified atom stereocenters. The largest absolute Gasteiger partial charge is 0.497 e. The fraction of sp³-hybridized carbons (Fsp3) is 0.353.